The maximum absolute atomic E-state index is 5.52. The fourth-order valence-corrected chi connectivity index (χ4v) is 1.48. The molecule has 0 saturated heterocycles. The van der Waals surface area contributed by atoms with Gasteiger partial charge in [-0.05, 0) is 11.6 Å². The van der Waals surface area contributed by atoms with Gasteiger partial charge in [-0.1, -0.05) is 6.07 Å². The molecule has 0 aliphatic rings. The Hall–Kier alpha value is -1.79. The topological polar surface area (TPSA) is 78.8 Å². The molecule has 0 aromatic carbocycles. The minimum Gasteiger partial charge on any atom is -0.383 e. The molecule has 0 fully saturated rings. The second-order valence-electron chi connectivity index (χ2n) is 3.60. The van der Waals surface area contributed by atoms with Crippen LogP contribution < -0.4 is 5.73 Å². The molecule has 2 heterocycles. The average Bonchev–Trinajstić information content (AvgIpc) is 2.84. The number of rotatable bonds is 5. The molecular weight excluding hydrogens is 218 g/mol. The third-order valence-corrected chi connectivity index (χ3v) is 2.44. The number of hydrogen-bond donors (Lipinski definition) is 1. The van der Waals surface area contributed by atoms with Gasteiger partial charge >= 0.3 is 0 Å². The van der Waals surface area contributed by atoms with Crippen LogP contribution in [0.5, 0.6) is 0 Å². The Morgan fingerprint density at radius 1 is 1.41 bits per heavy atom. The molecule has 0 aliphatic carbocycles. The van der Waals surface area contributed by atoms with Crippen LogP contribution in [-0.4, -0.2) is 33.5 Å². The van der Waals surface area contributed by atoms with Crippen LogP contribution in [0, 0.1) is 0 Å². The zero-order valence-electron chi connectivity index (χ0n) is 9.71. The smallest absolute Gasteiger partial charge is 0.182 e. The number of ether oxygens (including phenoxy) is 1. The van der Waals surface area contributed by atoms with E-state index in [2.05, 4.69) is 15.2 Å². The summed E-state index contributed by atoms with van der Waals surface area (Å²) in [5, 5.41) is 7.95. The summed E-state index contributed by atoms with van der Waals surface area (Å²) >= 11 is 0. The molecule has 0 amide bonds. The summed E-state index contributed by atoms with van der Waals surface area (Å²) in [6.45, 7) is 1.81. The van der Waals surface area contributed by atoms with Gasteiger partial charge in [0, 0.05) is 26.4 Å². The normalized spacial score (nSPS) is 10.7. The highest BCUT2D eigenvalue weighted by atomic mass is 16.5. The lowest BCUT2D eigenvalue weighted by atomic mass is 10.2. The molecule has 0 unspecified atom stereocenters. The van der Waals surface area contributed by atoms with E-state index in [1.54, 1.807) is 19.6 Å². The molecule has 6 nitrogen and oxygen atoms in total. The van der Waals surface area contributed by atoms with Crippen LogP contribution in [0.1, 0.15) is 5.56 Å². The zero-order chi connectivity index (χ0) is 12.1. The number of aromatic nitrogens is 4. The monoisotopic (exact) mass is 233 g/mol. The number of pyridine rings is 1. The third kappa shape index (κ3) is 2.66. The molecule has 90 valence electrons. The summed E-state index contributed by atoms with van der Waals surface area (Å²) in [7, 11) is 1.67. The van der Waals surface area contributed by atoms with Crippen LogP contribution in [-0.2, 0) is 17.8 Å². The Bertz CT molecular complexity index is 465. The molecule has 2 rings (SSSR count). The molecule has 0 spiro atoms. The van der Waals surface area contributed by atoms with E-state index < -0.39 is 0 Å². The van der Waals surface area contributed by atoms with Crippen molar-refractivity contribution < 1.29 is 4.74 Å². The van der Waals surface area contributed by atoms with Crippen molar-refractivity contribution in [2.45, 2.75) is 13.1 Å². The van der Waals surface area contributed by atoms with Crippen molar-refractivity contribution in [1.82, 2.24) is 19.7 Å². The van der Waals surface area contributed by atoms with E-state index in [4.69, 9.17) is 10.5 Å². The first-order valence-corrected chi connectivity index (χ1v) is 5.37. The van der Waals surface area contributed by atoms with Gasteiger partial charge in [-0.2, -0.15) is 0 Å². The van der Waals surface area contributed by atoms with Gasteiger partial charge in [0.05, 0.1) is 6.61 Å². The first kappa shape index (κ1) is 11.7. The lowest BCUT2D eigenvalue weighted by Gasteiger charge is -2.05. The molecule has 0 saturated carbocycles. The van der Waals surface area contributed by atoms with Crippen molar-refractivity contribution in [3.63, 3.8) is 0 Å². The van der Waals surface area contributed by atoms with Crippen LogP contribution >= 0.6 is 0 Å². The lowest BCUT2D eigenvalue weighted by Crippen LogP contribution is -2.06. The van der Waals surface area contributed by atoms with Crippen LogP contribution in [0.2, 0.25) is 0 Å². The minimum absolute atomic E-state index is 0.490. The van der Waals surface area contributed by atoms with Crippen molar-refractivity contribution in [2.75, 3.05) is 13.7 Å². The van der Waals surface area contributed by atoms with Gasteiger partial charge in [-0.25, -0.2) is 0 Å². The zero-order valence-corrected chi connectivity index (χ0v) is 9.71. The fraction of sp³-hybridized carbons (Fsp3) is 0.364. The highest BCUT2D eigenvalue weighted by Crippen LogP contribution is 2.13. The summed E-state index contributed by atoms with van der Waals surface area (Å²) < 4.78 is 6.94. The van der Waals surface area contributed by atoms with Crippen molar-refractivity contribution in [1.29, 1.82) is 0 Å². The first-order chi connectivity index (χ1) is 8.35. The predicted octanol–water partition coefficient (Wildman–Crippen LogP) is 0.445. The van der Waals surface area contributed by atoms with Gasteiger partial charge in [-0.15, -0.1) is 10.2 Å². The van der Waals surface area contributed by atoms with Crippen LogP contribution in [0.25, 0.3) is 11.5 Å². The maximum Gasteiger partial charge on any atom is 0.182 e. The number of methoxy groups -OCH3 is 1. The van der Waals surface area contributed by atoms with E-state index in [1.165, 1.54) is 0 Å². The number of hydrogen-bond acceptors (Lipinski definition) is 5. The highest BCUT2D eigenvalue weighted by Gasteiger charge is 2.07. The van der Waals surface area contributed by atoms with E-state index in [-0.39, 0.29) is 0 Å². The molecule has 0 atom stereocenters. The van der Waals surface area contributed by atoms with Gasteiger partial charge in [0.25, 0.3) is 0 Å². The Balaban J connectivity index is 2.23. The Morgan fingerprint density at radius 2 is 2.29 bits per heavy atom. The average molecular weight is 233 g/mol. The van der Waals surface area contributed by atoms with Crippen molar-refractivity contribution >= 4 is 0 Å². The quantitative estimate of drug-likeness (QED) is 0.811. The van der Waals surface area contributed by atoms with Crippen LogP contribution in [0.15, 0.2) is 24.7 Å². The van der Waals surface area contributed by atoms with E-state index in [9.17, 15) is 0 Å². The second-order valence-corrected chi connectivity index (χ2v) is 3.60. The lowest BCUT2D eigenvalue weighted by molar-refractivity contribution is 0.187. The van der Waals surface area contributed by atoms with Gasteiger partial charge in [-0.3, -0.25) is 4.98 Å². The fourth-order valence-electron chi connectivity index (χ4n) is 1.48. The van der Waals surface area contributed by atoms with E-state index in [1.807, 2.05) is 16.7 Å². The summed E-state index contributed by atoms with van der Waals surface area (Å²) in [4.78, 5) is 4.32. The molecule has 17 heavy (non-hydrogen) atoms. The second kappa shape index (κ2) is 5.51. The van der Waals surface area contributed by atoms with Crippen LogP contribution in [0.4, 0.5) is 0 Å². The minimum atomic E-state index is 0.490. The van der Waals surface area contributed by atoms with E-state index in [0.717, 1.165) is 17.1 Å². The summed E-state index contributed by atoms with van der Waals surface area (Å²) in [6.07, 6.45) is 3.43. The molecule has 0 radical (unpaired) electrons. The van der Waals surface area contributed by atoms with Gasteiger partial charge in [0.1, 0.15) is 12.0 Å². The first-order valence-electron chi connectivity index (χ1n) is 5.37. The highest BCUT2D eigenvalue weighted by molar-refractivity contribution is 5.48. The molecule has 6 heteroatoms. The molecule has 0 aliphatic heterocycles. The Kier molecular flexibility index (Phi) is 3.79. The van der Waals surface area contributed by atoms with Gasteiger partial charge < -0.3 is 15.0 Å². The van der Waals surface area contributed by atoms with Crippen LogP contribution in [0.3, 0.4) is 0 Å². The van der Waals surface area contributed by atoms with Gasteiger partial charge in [0.15, 0.2) is 5.82 Å². The Labute approximate surface area is 99.4 Å². The number of nitrogens with two attached hydrogens (primary N) is 1. The third-order valence-electron chi connectivity index (χ3n) is 2.44. The summed E-state index contributed by atoms with van der Waals surface area (Å²) in [5.74, 6) is 0.741. The molecule has 2 aromatic rings. The molecule has 2 N–H and O–H groups in total. The van der Waals surface area contributed by atoms with Crippen molar-refractivity contribution in [3.05, 3.63) is 30.2 Å². The molecule has 2 aromatic heterocycles. The SMILES string of the molecule is COCCn1cnnc1-c1ccc(CN)cn1. The summed E-state index contributed by atoms with van der Waals surface area (Å²) in [5.41, 5.74) is 7.31. The number of nitrogens with zero attached hydrogens (tertiary/aromatic N) is 4. The van der Waals surface area contributed by atoms with E-state index >= 15 is 0 Å². The maximum atomic E-state index is 5.52. The van der Waals surface area contributed by atoms with Crippen molar-refractivity contribution in [3.8, 4) is 11.5 Å². The largest absolute Gasteiger partial charge is 0.383 e. The molecular formula is C11H15N5O. The van der Waals surface area contributed by atoms with E-state index in [0.29, 0.717) is 19.7 Å². The molecule has 0 bridgehead atoms. The van der Waals surface area contributed by atoms with Gasteiger partial charge in [0.2, 0.25) is 0 Å². The predicted molar refractivity (Wildman–Crippen MR) is 63.0 cm³/mol. The standard InChI is InChI=1S/C11H15N5O/c1-17-5-4-16-8-14-15-11(16)10-3-2-9(6-12)7-13-10/h2-3,7-8H,4-6,12H2,1H3. The summed E-state index contributed by atoms with van der Waals surface area (Å²) in [6, 6.07) is 3.84. The Morgan fingerprint density at radius 3 is 2.94 bits per heavy atom. The van der Waals surface area contributed by atoms with Crippen molar-refractivity contribution in [2.24, 2.45) is 5.73 Å².